The number of anilines is 1. The third kappa shape index (κ3) is 5.42. The minimum atomic E-state index is -4.86. The average Bonchev–Trinajstić information content (AvgIpc) is 3.59. The number of aryl methyl sites for hydroxylation is 1. The Bertz CT molecular complexity index is 1420. The molecular weight excluding hydrogens is 485 g/mol. The molecule has 0 unspecified atom stereocenters. The largest absolute Gasteiger partial charge is 0.435 e. The van der Waals surface area contributed by atoms with E-state index in [-0.39, 0.29) is 16.3 Å². The van der Waals surface area contributed by atoms with E-state index in [1.807, 2.05) is 0 Å². The molecule has 8 nitrogen and oxygen atoms in total. The van der Waals surface area contributed by atoms with E-state index in [0.717, 1.165) is 31.7 Å². The number of carbonyl (C=O) groups is 1. The smallest absolute Gasteiger partial charge is 0.435 e. The van der Waals surface area contributed by atoms with Gasteiger partial charge in [-0.1, -0.05) is 6.07 Å². The standard InChI is InChI=1S/C23H21F3N4O4S/c1-12-19(21(31)28-15-5-4-6-16(11-15)35(3,32)33)22(30-29-20(12)23(24,25)26)34-18-10-9-17(14-7-8-14)27-13(18)2/h4-6,9-11,14H,7-8H2,1-3H3,(H,28,31). The number of aromatic nitrogens is 3. The van der Waals surface area contributed by atoms with Gasteiger partial charge in [-0.25, -0.2) is 8.42 Å². The van der Waals surface area contributed by atoms with E-state index < -0.39 is 44.6 Å². The van der Waals surface area contributed by atoms with Crippen LogP contribution in [0.4, 0.5) is 18.9 Å². The van der Waals surface area contributed by atoms with Crippen LogP contribution in [0.15, 0.2) is 41.3 Å². The summed E-state index contributed by atoms with van der Waals surface area (Å²) < 4.78 is 69.9. The number of amides is 1. The Morgan fingerprint density at radius 3 is 2.43 bits per heavy atom. The maximum atomic E-state index is 13.5. The highest BCUT2D eigenvalue weighted by Crippen LogP contribution is 2.40. The van der Waals surface area contributed by atoms with Gasteiger partial charge >= 0.3 is 6.18 Å². The molecule has 1 aromatic carbocycles. The maximum absolute atomic E-state index is 13.5. The number of nitrogens with one attached hydrogen (secondary N) is 1. The van der Waals surface area contributed by atoms with Gasteiger partial charge in [0.15, 0.2) is 21.3 Å². The second-order valence-corrected chi connectivity index (χ2v) is 10.3. The normalized spacial score (nSPS) is 14.0. The average molecular weight is 507 g/mol. The van der Waals surface area contributed by atoms with Gasteiger partial charge in [0.25, 0.3) is 11.8 Å². The third-order valence-corrected chi connectivity index (χ3v) is 6.57. The molecule has 0 spiro atoms. The summed E-state index contributed by atoms with van der Waals surface area (Å²) in [6, 6.07) is 8.74. The molecule has 4 rings (SSSR count). The van der Waals surface area contributed by atoms with Crippen molar-refractivity contribution in [2.45, 2.75) is 43.7 Å². The van der Waals surface area contributed by atoms with Gasteiger partial charge in [0.1, 0.15) is 5.56 Å². The van der Waals surface area contributed by atoms with Crippen molar-refractivity contribution >= 4 is 21.4 Å². The Morgan fingerprint density at radius 2 is 1.83 bits per heavy atom. The number of carbonyl (C=O) groups excluding carboxylic acids is 1. The Labute approximate surface area is 199 Å². The summed E-state index contributed by atoms with van der Waals surface area (Å²) in [5.41, 5.74) is -0.851. The first-order chi connectivity index (χ1) is 16.3. The van der Waals surface area contributed by atoms with Crippen LogP contribution in [0.1, 0.15) is 51.8 Å². The van der Waals surface area contributed by atoms with Crippen LogP contribution >= 0.6 is 0 Å². The quantitative estimate of drug-likeness (QED) is 0.510. The number of hydrogen-bond donors (Lipinski definition) is 1. The fourth-order valence-corrected chi connectivity index (χ4v) is 4.16. The van der Waals surface area contributed by atoms with Crippen molar-refractivity contribution in [1.29, 1.82) is 0 Å². The highest BCUT2D eigenvalue weighted by atomic mass is 32.2. The molecule has 2 aromatic heterocycles. The number of pyridine rings is 1. The van der Waals surface area contributed by atoms with Crippen LogP contribution in [0.2, 0.25) is 0 Å². The van der Waals surface area contributed by atoms with Crippen LogP contribution in [-0.2, 0) is 16.0 Å². The number of ether oxygens (including phenoxy) is 1. The zero-order chi connectivity index (χ0) is 25.5. The minimum absolute atomic E-state index is 0.0650. The molecule has 1 aliphatic rings. The van der Waals surface area contributed by atoms with Crippen molar-refractivity contribution in [2.24, 2.45) is 0 Å². The molecule has 3 aromatic rings. The molecular formula is C23H21F3N4O4S. The van der Waals surface area contributed by atoms with E-state index in [0.29, 0.717) is 11.6 Å². The summed E-state index contributed by atoms with van der Waals surface area (Å²) >= 11 is 0. The van der Waals surface area contributed by atoms with Crippen LogP contribution in [0.25, 0.3) is 0 Å². The second-order valence-electron chi connectivity index (χ2n) is 8.30. The molecule has 0 radical (unpaired) electrons. The number of hydrogen-bond acceptors (Lipinski definition) is 7. The van der Waals surface area contributed by atoms with Crippen molar-refractivity contribution in [1.82, 2.24) is 15.2 Å². The monoisotopic (exact) mass is 506 g/mol. The number of rotatable bonds is 6. The molecule has 0 atom stereocenters. The Hall–Kier alpha value is -3.54. The molecule has 184 valence electrons. The van der Waals surface area contributed by atoms with Crippen molar-refractivity contribution in [3.63, 3.8) is 0 Å². The summed E-state index contributed by atoms with van der Waals surface area (Å²) in [5.74, 6) is -0.795. The Balaban J connectivity index is 1.73. The molecule has 1 N–H and O–H groups in total. The minimum Gasteiger partial charge on any atom is -0.435 e. The molecule has 12 heteroatoms. The molecule has 0 saturated heterocycles. The molecule has 35 heavy (non-hydrogen) atoms. The van der Waals surface area contributed by atoms with Crippen LogP contribution in [0.3, 0.4) is 0 Å². The number of nitrogens with zero attached hydrogens (tertiary/aromatic N) is 3. The molecule has 2 heterocycles. The summed E-state index contributed by atoms with van der Waals surface area (Å²) in [5, 5.41) is 9.23. The van der Waals surface area contributed by atoms with Crippen molar-refractivity contribution < 1.29 is 31.1 Å². The van der Waals surface area contributed by atoms with Gasteiger partial charge in [0.2, 0.25) is 0 Å². The van der Waals surface area contributed by atoms with Crippen molar-refractivity contribution in [2.75, 3.05) is 11.6 Å². The lowest BCUT2D eigenvalue weighted by Crippen LogP contribution is -2.21. The lowest BCUT2D eigenvalue weighted by atomic mass is 10.1. The van der Waals surface area contributed by atoms with E-state index in [1.165, 1.54) is 24.3 Å². The van der Waals surface area contributed by atoms with Crippen LogP contribution in [0, 0.1) is 13.8 Å². The summed E-state index contributed by atoms with van der Waals surface area (Å²) in [7, 11) is -3.57. The third-order valence-electron chi connectivity index (χ3n) is 5.46. The lowest BCUT2D eigenvalue weighted by molar-refractivity contribution is -0.142. The van der Waals surface area contributed by atoms with Gasteiger partial charge in [0, 0.05) is 23.6 Å². The van der Waals surface area contributed by atoms with Crippen LogP contribution < -0.4 is 10.1 Å². The zero-order valence-electron chi connectivity index (χ0n) is 19.0. The van der Waals surface area contributed by atoms with Gasteiger partial charge in [-0.2, -0.15) is 13.2 Å². The second kappa shape index (κ2) is 8.91. The topological polar surface area (TPSA) is 111 Å². The summed E-state index contributed by atoms with van der Waals surface area (Å²) in [6.07, 6.45) is -1.77. The number of sulfone groups is 1. The summed E-state index contributed by atoms with van der Waals surface area (Å²) in [4.78, 5) is 17.5. The zero-order valence-corrected chi connectivity index (χ0v) is 19.8. The van der Waals surface area contributed by atoms with Gasteiger partial charge in [0.05, 0.1) is 10.6 Å². The molecule has 1 aliphatic carbocycles. The van der Waals surface area contributed by atoms with Crippen LogP contribution in [0.5, 0.6) is 11.6 Å². The molecule has 1 fully saturated rings. The fourth-order valence-electron chi connectivity index (χ4n) is 3.49. The van der Waals surface area contributed by atoms with Crippen molar-refractivity contribution in [3.8, 4) is 11.6 Å². The van der Waals surface area contributed by atoms with Gasteiger partial charge in [-0.05, 0) is 62.6 Å². The maximum Gasteiger partial charge on any atom is 0.435 e. The van der Waals surface area contributed by atoms with Gasteiger partial charge in [-0.3, -0.25) is 9.78 Å². The first-order valence-corrected chi connectivity index (χ1v) is 12.4. The van der Waals surface area contributed by atoms with E-state index in [1.54, 1.807) is 19.1 Å². The first-order valence-electron chi connectivity index (χ1n) is 10.6. The van der Waals surface area contributed by atoms with Gasteiger partial charge < -0.3 is 10.1 Å². The number of alkyl halides is 3. The van der Waals surface area contributed by atoms with E-state index in [4.69, 9.17) is 4.74 Å². The van der Waals surface area contributed by atoms with E-state index >= 15 is 0 Å². The van der Waals surface area contributed by atoms with Crippen molar-refractivity contribution in [3.05, 3.63) is 64.6 Å². The SMILES string of the molecule is Cc1nc(C2CC2)ccc1Oc1nnc(C(F)(F)F)c(C)c1C(=O)Nc1cccc(S(C)(=O)=O)c1. The number of halogens is 3. The predicted octanol–water partition coefficient (Wildman–Crippen LogP) is 4.83. The molecule has 0 bridgehead atoms. The Kier molecular flexibility index (Phi) is 6.26. The predicted molar refractivity (Wildman–Crippen MR) is 120 cm³/mol. The lowest BCUT2D eigenvalue weighted by Gasteiger charge is -2.17. The number of benzene rings is 1. The molecule has 0 aliphatic heterocycles. The van der Waals surface area contributed by atoms with Gasteiger partial charge in [-0.15, -0.1) is 10.2 Å². The first kappa shape index (κ1) is 24.6. The van der Waals surface area contributed by atoms with E-state index in [2.05, 4.69) is 20.5 Å². The van der Waals surface area contributed by atoms with Crippen LogP contribution in [-0.4, -0.2) is 35.8 Å². The Morgan fingerprint density at radius 1 is 1.11 bits per heavy atom. The molecule has 1 saturated carbocycles. The highest BCUT2D eigenvalue weighted by Gasteiger charge is 2.38. The summed E-state index contributed by atoms with van der Waals surface area (Å²) in [6.45, 7) is 2.77. The molecule has 1 amide bonds. The highest BCUT2D eigenvalue weighted by molar-refractivity contribution is 7.90. The fraction of sp³-hybridized carbons (Fsp3) is 0.304. The van der Waals surface area contributed by atoms with E-state index in [9.17, 15) is 26.4 Å².